The van der Waals surface area contributed by atoms with Gasteiger partial charge in [-0.2, -0.15) is 5.26 Å². The van der Waals surface area contributed by atoms with Gasteiger partial charge in [-0.3, -0.25) is 4.79 Å². The highest BCUT2D eigenvalue weighted by atomic mass is 16.2. The molecule has 0 heterocycles. The van der Waals surface area contributed by atoms with Crippen molar-refractivity contribution in [2.45, 2.75) is 32.2 Å². The predicted octanol–water partition coefficient (Wildman–Crippen LogP) is 0.486. The van der Waals surface area contributed by atoms with Crippen LogP contribution in [0.15, 0.2) is 0 Å². The summed E-state index contributed by atoms with van der Waals surface area (Å²) in [5.41, 5.74) is 5.22. The molecule has 0 bridgehead atoms. The molecule has 0 aromatic carbocycles. The molecule has 0 saturated carbocycles. The molecule has 0 radical (unpaired) electrons. The van der Waals surface area contributed by atoms with E-state index in [2.05, 4.69) is 0 Å². The fourth-order valence-corrected chi connectivity index (χ4v) is 0.867. The number of nitriles is 1. The van der Waals surface area contributed by atoms with Gasteiger partial charge in [0.05, 0.1) is 12.5 Å². The SMILES string of the molecule is CN(CCC#N)C(=O)CC(C)(C)N. The van der Waals surface area contributed by atoms with E-state index in [1.807, 2.05) is 19.9 Å². The highest BCUT2D eigenvalue weighted by molar-refractivity contribution is 5.77. The Kier molecular flexibility index (Phi) is 4.43. The van der Waals surface area contributed by atoms with Crippen LogP contribution in [-0.4, -0.2) is 29.9 Å². The Morgan fingerprint density at radius 3 is 2.54 bits per heavy atom. The van der Waals surface area contributed by atoms with Crippen molar-refractivity contribution in [2.24, 2.45) is 5.73 Å². The van der Waals surface area contributed by atoms with E-state index in [1.165, 1.54) is 4.90 Å². The van der Waals surface area contributed by atoms with Crippen molar-refractivity contribution >= 4 is 5.91 Å². The number of hydrogen-bond acceptors (Lipinski definition) is 3. The van der Waals surface area contributed by atoms with E-state index in [9.17, 15) is 4.79 Å². The zero-order valence-electron chi connectivity index (χ0n) is 8.50. The van der Waals surface area contributed by atoms with Crippen LogP contribution in [0.3, 0.4) is 0 Å². The van der Waals surface area contributed by atoms with Gasteiger partial charge >= 0.3 is 0 Å². The van der Waals surface area contributed by atoms with Crippen molar-refractivity contribution in [1.82, 2.24) is 4.90 Å². The molecule has 0 unspecified atom stereocenters. The summed E-state index contributed by atoms with van der Waals surface area (Å²) in [7, 11) is 1.69. The Labute approximate surface area is 79.3 Å². The molecule has 0 rings (SSSR count). The van der Waals surface area contributed by atoms with E-state index in [4.69, 9.17) is 11.0 Å². The van der Waals surface area contributed by atoms with Crippen LogP contribution in [0, 0.1) is 11.3 Å². The second-order valence-corrected chi connectivity index (χ2v) is 3.89. The lowest BCUT2D eigenvalue weighted by Crippen LogP contribution is -2.40. The van der Waals surface area contributed by atoms with Gasteiger partial charge in [0, 0.05) is 25.6 Å². The summed E-state index contributed by atoms with van der Waals surface area (Å²) in [5, 5.41) is 8.32. The van der Waals surface area contributed by atoms with Gasteiger partial charge in [0.15, 0.2) is 0 Å². The first kappa shape index (κ1) is 11.9. The van der Waals surface area contributed by atoms with Crippen molar-refractivity contribution in [1.29, 1.82) is 5.26 Å². The van der Waals surface area contributed by atoms with E-state index in [0.29, 0.717) is 19.4 Å². The normalized spacial score (nSPS) is 10.7. The summed E-state index contributed by atoms with van der Waals surface area (Å²) < 4.78 is 0. The Morgan fingerprint density at radius 1 is 1.62 bits per heavy atom. The third kappa shape index (κ3) is 6.12. The molecule has 0 aliphatic heterocycles. The molecule has 0 fully saturated rings. The van der Waals surface area contributed by atoms with Crippen molar-refractivity contribution < 1.29 is 4.79 Å². The molecule has 0 atom stereocenters. The Morgan fingerprint density at radius 2 is 2.15 bits per heavy atom. The number of amides is 1. The van der Waals surface area contributed by atoms with Crippen LogP contribution >= 0.6 is 0 Å². The van der Waals surface area contributed by atoms with E-state index in [0.717, 1.165) is 0 Å². The first-order valence-corrected chi connectivity index (χ1v) is 4.26. The van der Waals surface area contributed by atoms with Crippen LogP contribution in [-0.2, 0) is 4.79 Å². The largest absolute Gasteiger partial charge is 0.345 e. The van der Waals surface area contributed by atoms with Crippen LogP contribution in [0.1, 0.15) is 26.7 Å². The second-order valence-electron chi connectivity index (χ2n) is 3.89. The van der Waals surface area contributed by atoms with E-state index >= 15 is 0 Å². The molecule has 13 heavy (non-hydrogen) atoms. The zero-order chi connectivity index (χ0) is 10.5. The van der Waals surface area contributed by atoms with Gasteiger partial charge in [-0.25, -0.2) is 0 Å². The van der Waals surface area contributed by atoms with Crippen LogP contribution in [0.2, 0.25) is 0 Å². The summed E-state index contributed by atoms with van der Waals surface area (Å²) in [4.78, 5) is 12.9. The summed E-state index contributed by atoms with van der Waals surface area (Å²) in [6, 6.07) is 1.99. The fraction of sp³-hybridized carbons (Fsp3) is 0.778. The Hall–Kier alpha value is -1.08. The highest BCUT2D eigenvalue weighted by Gasteiger charge is 2.18. The van der Waals surface area contributed by atoms with Gasteiger partial charge in [-0.05, 0) is 13.8 Å². The Balaban J connectivity index is 3.91. The molecule has 2 N–H and O–H groups in total. The molecule has 4 nitrogen and oxygen atoms in total. The van der Waals surface area contributed by atoms with Crippen LogP contribution in [0.25, 0.3) is 0 Å². The predicted molar refractivity (Wildman–Crippen MR) is 50.8 cm³/mol. The molecule has 0 spiro atoms. The molecule has 0 aromatic heterocycles. The van der Waals surface area contributed by atoms with E-state index in [-0.39, 0.29) is 5.91 Å². The van der Waals surface area contributed by atoms with Gasteiger partial charge in [-0.15, -0.1) is 0 Å². The lowest BCUT2D eigenvalue weighted by atomic mass is 10.0. The molecule has 0 aliphatic rings. The second kappa shape index (κ2) is 4.83. The molecule has 0 aliphatic carbocycles. The van der Waals surface area contributed by atoms with Crippen molar-refractivity contribution in [2.75, 3.05) is 13.6 Å². The lowest BCUT2D eigenvalue weighted by molar-refractivity contribution is -0.130. The van der Waals surface area contributed by atoms with Gasteiger partial charge < -0.3 is 10.6 Å². The van der Waals surface area contributed by atoms with Gasteiger partial charge in [0.2, 0.25) is 5.91 Å². The monoisotopic (exact) mass is 183 g/mol. The molecule has 4 heteroatoms. The van der Waals surface area contributed by atoms with Crippen molar-refractivity contribution in [3.05, 3.63) is 0 Å². The summed E-state index contributed by atoms with van der Waals surface area (Å²) in [6.07, 6.45) is 0.683. The maximum absolute atomic E-state index is 11.4. The lowest BCUT2D eigenvalue weighted by Gasteiger charge is -2.22. The summed E-state index contributed by atoms with van der Waals surface area (Å²) in [5.74, 6) is -0.0113. The van der Waals surface area contributed by atoms with Crippen LogP contribution in [0.5, 0.6) is 0 Å². The highest BCUT2D eigenvalue weighted by Crippen LogP contribution is 2.05. The quantitative estimate of drug-likeness (QED) is 0.689. The smallest absolute Gasteiger partial charge is 0.224 e. The minimum Gasteiger partial charge on any atom is -0.345 e. The number of nitrogens with zero attached hydrogens (tertiary/aromatic N) is 2. The Bertz CT molecular complexity index is 212. The van der Waals surface area contributed by atoms with Crippen LogP contribution < -0.4 is 5.73 Å². The first-order valence-electron chi connectivity index (χ1n) is 4.26. The number of carbonyl (C=O) groups is 1. The molecular formula is C9H17N3O. The maximum Gasteiger partial charge on any atom is 0.224 e. The van der Waals surface area contributed by atoms with E-state index < -0.39 is 5.54 Å². The number of hydrogen-bond donors (Lipinski definition) is 1. The fourth-order valence-electron chi connectivity index (χ4n) is 0.867. The molecule has 1 amide bonds. The number of rotatable bonds is 4. The van der Waals surface area contributed by atoms with Crippen molar-refractivity contribution in [3.63, 3.8) is 0 Å². The van der Waals surface area contributed by atoms with Gasteiger partial charge in [-0.1, -0.05) is 0 Å². The molecule has 0 saturated heterocycles. The molecular weight excluding hydrogens is 166 g/mol. The minimum atomic E-state index is -0.474. The van der Waals surface area contributed by atoms with Crippen molar-refractivity contribution in [3.8, 4) is 6.07 Å². The average molecular weight is 183 g/mol. The van der Waals surface area contributed by atoms with Gasteiger partial charge in [0.1, 0.15) is 0 Å². The first-order chi connectivity index (χ1) is 5.87. The third-order valence-electron chi connectivity index (χ3n) is 1.59. The summed E-state index contributed by atoms with van der Waals surface area (Å²) >= 11 is 0. The minimum absolute atomic E-state index is 0.0113. The standard InChI is InChI=1S/C9H17N3O/c1-9(2,11)7-8(13)12(3)6-4-5-10/h4,6-7,11H2,1-3H3. The number of carbonyl (C=O) groups excluding carboxylic acids is 1. The summed E-state index contributed by atoms with van der Waals surface area (Å²) in [6.45, 7) is 4.09. The molecule has 0 aromatic rings. The topological polar surface area (TPSA) is 70.1 Å². The number of nitrogens with two attached hydrogens (primary N) is 1. The van der Waals surface area contributed by atoms with Gasteiger partial charge in [0.25, 0.3) is 0 Å². The molecule has 74 valence electrons. The maximum atomic E-state index is 11.4. The van der Waals surface area contributed by atoms with Crippen LogP contribution in [0.4, 0.5) is 0 Å². The third-order valence-corrected chi connectivity index (χ3v) is 1.59. The average Bonchev–Trinajstić information content (AvgIpc) is 1.96. The van der Waals surface area contributed by atoms with E-state index in [1.54, 1.807) is 7.05 Å². The zero-order valence-corrected chi connectivity index (χ0v) is 8.50.